The van der Waals surface area contributed by atoms with Crippen molar-refractivity contribution in [1.82, 2.24) is 4.90 Å². The van der Waals surface area contributed by atoms with Crippen molar-refractivity contribution in [2.75, 3.05) is 40.5 Å². The minimum absolute atomic E-state index is 0.0126. The van der Waals surface area contributed by atoms with Crippen LogP contribution in [0.5, 0.6) is 11.5 Å². The Morgan fingerprint density at radius 1 is 0.889 bits per heavy atom. The lowest BCUT2D eigenvalue weighted by Gasteiger charge is -2.27. The number of aliphatic hydroxyl groups excluding tert-OH is 2. The molecule has 2 aromatic carbocycles. The molecule has 0 amide bonds. The van der Waals surface area contributed by atoms with Gasteiger partial charge in [-0.1, -0.05) is 0 Å². The predicted octanol–water partition coefficient (Wildman–Crippen LogP) is 4.96. The van der Waals surface area contributed by atoms with Crippen LogP contribution in [0.2, 0.25) is 0 Å². The predicted molar refractivity (Wildman–Crippen MR) is 132 cm³/mol. The van der Waals surface area contributed by atoms with Crippen LogP contribution >= 0.6 is 0 Å². The van der Waals surface area contributed by atoms with Gasteiger partial charge in [-0.2, -0.15) is 10.2 Å². The first-order chi connectivity index (χ1) is 17.5. The Hall–Kier alpha value is -4.16. The van der Waals surface area contributed by atoms with Crippen LogP contribution in [0.15, 0.2) is 80.4 Å². The Bertz CT molecular complexity index is 1170. The van der Waals surface area contributed by atoms with E-state index in [9.17, 15) is 20.3 Å². The monoisotopic (exact) mass is 496 g/mol. The van der Waals surface area contributed by atoms with E-state index in [0.29, 0.717) is 54.5 Å². The highest BCUT2D eigenvalue weighted by atomic mass is 16.6. The number of nitro benzene ring substituents is 1. The SMILES string of the molecule is COc1cc(/N=N/c2ccc([N+](=O)[O-])cc2)c(OC)cc1/N=N/C1=CC=C(N(CCO)CCO)CC1. The van der Waals surface area contributed by atoms with Crippen LogP contribution in [-0.4, -0.2) is 60.6 Å². The Labute approximate surface area is 208 Å². The van der Waals surface area contributed by atoms with E-state index in [-0.39, 0.29) is 18.9 Å². The second-order valence-corrected chi connectivity index (χ2v) is 7.62. The number of allylic oxidation sites excluding steroid dienone is 4. The van der Waals surface area contributed by atoms with Crippen LogP contribution in [0.4, 0.5) is 22.7 Å². The normalized spacial score (nSPS) is 13.6. The molecule has 0 spiro atoms. The van der Waals surface area contributed by atoms with E-state index in [1.807, 2.05) is 17.1 Å². The molecule has 0 saturated heterocycles. The fourth-order valence-electron chi connectivity index (χ4n) is 3.49. The van der Waals surface area contributed by atoms with E-state index in [2.05, 4.69) is 20.5 Å². The summed E-state index contributed by atoms with van der Waals surface area (Å²) >= 11 is 0. The molecule has 0 bridgehead atoms. The third-order valence-electron chi connectivity index (χ3n) is 5.35. The number of hydrogen-bond acceptors (Lipinski definition) is 11. The second-order valence-electron chi connectivity index (χ2n) is 7.62. The molecule has 3 rings (SSSR count). The number of hydrogen-bond donors (Lipinski definition) is 2. The molecule has 2 aromatic rings. The molecule has 2 N–H and O–H groups in total. The summed E-state index contributed by atoms with van der Waals surface area (Å²) in [5, 5.41) is 46.3. The van der Waals surface area contributed by atoms with Crippen LogP contribution < -0.4 is 9.47 Å². The lowest BCUT2D eigenvalue weighted by atomic mass is 10.1. The number of nitrogens with zero attached hydrogens (tertiary/aromatic N) is 6. The van der Waals surface area contributed by atoms with Gasteiger partial charge < -0.3 is 24.6 Å². The van der Waals surface area contributed by atoms with Crippen molar-refractivity contribution >= 4 is 22.7 Å². The molecular formula is C24H28N6O6. The van der Waals surface area contributed by atoms with Gasteiger partial charge in [-0.05, 0) is 37.1 Å². The molecule has 0 aliphatic heterocycles. The van der Waals surface area contributed by atoms with Gasteiger partial charge in [0, 0.05) is 43.1 Å². The average Bonchev–Trinajstić information content (AvgIpc) is 2.91. The summed E-state index contributed by atoms with van der Waals surface area (Å²) in [4.78, 5) is 12.3. The molecule has 0 radical (unpaired) electrons. The average molecular weight is 497 g/mol. The molecule has 0 heterocycles. The lowest BCUT2D eigenvalue weighted by Crippen LogP contribution is -2.29. The fraction of sp³-hybridized carbons (Fsp3) is 0.333. The molecule has 36 heavy (non-hydrogen) atoms. The highest BCUT2D eigenvalue weighted by molar-refractivity contribution is 5.66. The molecule has 190 valence electrons. The fourth-order valence-corrected chi connectivity index (χ4v) is 3.49. The maximum Gasteiger partial charge on any atom is 0.269 e. The van der Waals surface area contributed by atoms with E-state index in [1.54, 1.807) is 12.1 Å². The Morgan fingerprint density at radius 3 is 1.94 bits per heavy atom. The summed E-state index contributed by atoms with van der Waals surface area (Å²) in [5.74, 6) is 0.820. The lowest BCUT2D eigenvalue weighted by molar-refractivity contribution is -0.384. The number of ether oxygens (including phenoxy) is 2. The smallest absolute Gasteiger partial charge is 0.269 e. The topological polar surface area (TPSA) is 155 Å². The maximum absolute atomic E-state index is 10.8. The molecule has 0 unspecified atom stereocenters. The van der Waals surface area contributed by atoms with Gasteiger partial charge in [-0.3, -0.25) is 10.1 Å². The molecule has 1 aliphatic carbocycles. The first-order valence-electron chi connectivity index (χ1n) is 11.2. The second kappa shape index (κ2) is 13.1. The quantitative estimate of drug-likeness (QED) is 0.239. The Kier molecular flexibility index (Phi) is 9.60. The number of aliphatic hydroxyl groups is 2. The molecular weight excluding hydrogens is 468 g/mol. The Morgan fingerprint density at radius 2 is 1.47 bits per heavy atom. The van der Waals surface area contributed by atoms with E-state index in [4.69, 9.17) is 9.47 Å². The van der Waals surface area contributed by atoms with E-state index in [1.165, 1.54) is 38.5 Å². The van der Waals surface area contributed by atoms with Gasteiger partial charge in [0.05, 0.1) is 43.7 Å². The zero-order valence-corrected chi connectivity index (χ0v) is 20.1. The minimum Gasteiger partial charge on any atom is -0.494 e. The van der Waals surface area contributed by atoms with Crippen LogP contribution in [-0.2, 0) is 0 Å². The van der Waals surface area contributed by atoms with Crippen LogP contribution in [0, 0.1) is 10.1 Å². The van der Waals surface area contributed by atoms with Crippen LogP contribution in [0.25, 0.3) is 0 Å². The molecule has 1 aliphatic rings. The van der Waals surface area contributed by atoms with Crippen molar-refractivity contribution in [2.45, 2.75) is 12.8 Å². The van der Waals surface area contributed by atoms with Gasteiger partial charge in [0.1, 0.15) is 22.9 Å². The van der Waals surface area contributed by atoms with Gasteiger partial charge in [-0.25, -0.2) is 0 Å². The van der Waals surface area contributed by atoms with Crippen molar-refractivity contribution < 1.29 is 24.6 Å². The minimum atomic E-state index is -0.482. The summed E-state index contributed by atoms with van der Waals surface area (Å²) in [7, 11) is 3.00. The molecule has 0 saturated carbocycles. The van der Waals surface area contributed by atoms with Gasteiger partial charge >= 0.3 is 0 Å². The van der Waals surface area contributed by atoms with Crippen LogP contribution in [0.3, 0.4) is 0 Å². The zero-order chi connectivity index (χ0) is 25.9. The zero-order valence-electron chi connectivity index (χ0n) is 20.1. The molecule has 0 aromatic heterocycles. The number of non-ortho nitro benzene ring substituents is 1. The van der Waals surface area contributed by atoms with E-state index in [0.717, 1.165) is 11.4 Å². The first-order valence-corrected chi connectivity index (χ1v) is 11.2. The van der Waals surface area contributed by atoms with Gasteiger partial charge in [0.2, 0.25) is 0 Å². The van der Waals surface area contributed by atoms with Crippen molar-refractivity contribution in [1.29, 1.82) is 0 Å². The van der Waals surface area contributed by atoms with Gasteiger partial charge in [0.15, 0.2) is 0 Å². The molecule has 12 heteroatoms. The molecule has 0 fully saturated rings. The number of azo groups is 2. The van der Waals surface area contributed by atoms with Crippen molar-refractivity contribution in [3.05, 3.63) is 70.1 Å². The standard InChI is InChI=1S/C24H28N6O6/c1-35-23-16-22(28-26-18-5-9-20(10-6-18)30(33)34)24(36-2)15-21(23)27-25-17-3-7-19(8-4-17)29(11-13-31)12-14-32/h3,5-7,9-10,15-16,31-32H,4,8,11-14H2,1-2H3/b27-25+,28-26+. The van der Waals surface area contributed by atoms with Crippen LogP contribution in [0.1, 0.15) is 12.8 Å². The van der Waals surface area contributed by atoms with Gasteiger partial charge in [0.25, 0.3) is 5.69 Å². The van der Waals surface area contributed by atoms with Gasteiger partial charge in [-0.15, -0.1) is 10.2 Å². The summed E-state index contributed by atoms with van der Waals surface area (Å²) in [5.41, 5.74) is 3.05. The number of methoxy groups -OCH3 is 2. The molecule has 12 nitrogen and oxygen atoms in total. The number of nitro groups is 1. The highest BCUT2D eigenvalue weighted by Gasteiger charge is 2.14. The van der Waals surface area contributed by atoms with Crippen molar-refractivity contribution in [2.24, 2.45) is 20.5 Å². The summed E-state index contributed by atoms with van der Waals surface area (Å²) in [6.45, 7) is 0.946. The molecule has 0 atom stereocenters. The maximum atomic E-state index is 10.8. The van der Waals surface area contributed by atoms with E-state index >= 15 is 0 Å². The largest absolute Gasteiger partial charge is 0.494 e. The van der Waals surface area contributed by atoms with Crippen molar-refractivity contribution in [3.63, 3.8) is 0 Å². The van der Waals surface area contributed by atoms with E-state index < -0.39 is 4.92 Å². The number of rotatable bonds is 12. The number of benzene rings is 2. The summed E-state index contributed by atoms with van der Waals surface area (Å²) < 4.78 is 10.9. The highest BCUT2D eigenvalue weighted by Crippen LogP contribution is 2.41. The Balaban J connectivity index is 1.79. The third-order valence-corrected chi connectivity index (χ3v) is 5.35. The third kappa shape index (κ3) is 6.93. The first kappa shape index (κ1) is 26.4. The summed E-state index contributed by atoms with van der Waals surface area (Å²) in [6.07, 6.45) is 5.15. The van der Waals surface area contributed by atoms with Crippen molar-refractivity contribution in [3.8, 4) is 11.5 Å². The summed E-state index contributed by atoms with van der Waals surface area (Å²) in [6, 6.07) is 8.96.